The monoisotopic (exact) mass is 320 g/mol. The predicted molar refractivity (Wildman–Crippen MR) is 48.9 cm³/mol. The first-order chi connectivity index (χ1) is 4.57. The summed E-state index contributed by atoms with van der Waals surface area (Å²) in [5.74, 6) is -0.798. The first-order valence-corrected chi connectivity index (χ1v) is 4.73. The quantitative estimate of drug-likeness (QED) is 0.427. The molecule has 58 valence electrons. The van der Waals surface area contributed by atoms with Crippen molar-refractivity contribution in [1.29, 1.82) is 0 Å². The lowest BCUT2D eigenvalue weighted by molar-refractivity contribution is -0.123. The molecule has 2 amide bonds. The van der Waals surface area contributed by atoms with Crippen LogP contribution in [0.5, 0.6) is 0 Å². The summed E-state index contributed by atoms with van der Waals surface area (Å²) in [4.78, 5) is 20.9. The predicted octanol–water partition coefficient (Wildman–Crippen LogP) is -0.256. The average Bonchev–Trinajstić information content (AvgIpc) is 1.87. The number of hydrogen-bond donors (Lipinski definition) is 2. The molecule has 0 aliphatic rings. The van der Waals surface area contributed by atoms with E-state index in [9.17, 15) is 9.59 Å². The van der Waals surface area contributed by atoms with Crippen LogP contribution >= 0.6 is 38.5 Å². The van der Waals surface area contributed by atoms with E-state index in [0.29, 0.717) is 0 Å². The number of alkyl halides is 2. The van der Waals surface area contributed by atoms with Gasteiger partial charge in [0.15, 0.2) is 4.05 Å². The van der Waals surface area contributed by atoms with Gasteiger partial charge in [0, 0.05) is 0 Å². The van der Waals surface area contributed by atoms with Crippen molar-refractivity contribution in [1.82, 2.24) is 5.32 Å². The standard InChI is InChI=1S/C4H6BrIN2O2/c5-1-2(9)8-3(6)4(7)10/h3H,1H2,(H2,7,10)(H,8,9). The maximum absolute atomic E-state index is 10.6. The van der Waals surface area contributed by atoms with E-state index in [4.69, 9.17) is 5.73 Å². The van der Waals surface area contributed by atoms with Crippen LogP contribution in [0.3, 0.4) is 0 Å². The molecule has 0 radical (unpaired) electrons. The maximum atomic E-state index is 10.6. The Morgan fingerprint density at radius 2 is 2.20 bits per heavy atom. The third-order valence-electron chi connectivity index (χ3n) is 0.659. The first-order valence-electron chi connectivity index (χ1n) is 2.36. The Labute approximate surface area is 80.2 Å². The van der Waals surface area contributed by atoms with Gasteiger partial charge in [-0.3, -0.25) is 9.59 Å². The van der Waals surface area contributed by atoms with Gasteiger partial charge in [-0.25, -0.2) is 0 Å². The number of halogens is 2. The third kappa shape index (κ3) is 4.04. The van der Waals surface area contributed by atoms with Gasteiger partial charge in [0.1, 0.15) is 0 Å². The van der Waals surface area contributed by atoms with Gasteiger partial charge in [0.25, 0.3) is 0 Å². The fraction of sp³-hybridized carbons (Fsp3) is 0.500. The van der Waals surface area contributed by atoms with Crippen molar-refractivity contribution in [2.24, 2.45) is 5.73 Å². The minimum absolute atomic E-state index is 0.180. The second-order valence-corrected chi connectivity index (χ2v) is 3.27. The summed E-state index contributed by atoms with van der Waals surface area (Å²) in [5.41, 5.74) is 4.86. The lowest BCUT2D eigenvalue weighted by atomic mass is 10.6. The Hall–Kier alpha value is 0.150. The molecule has 0 aliphatic carbocycles. The first kappa shape index (κ1) is 10.2. The van der Waals surface area contributed by atoms with Crippen molar-refractivity contribution in [3.8, 4) is 0 Å². The largest absolute Gasteiger partial charge is 0.367 e. The normalized spacial score (nSPS) is 12.2. The summed E-state index contributed by atoms with van der Waals surface area (Å²) in [6, 6.07) is 0. The van der Waals surface area contributed by atoms with Crippen LogP contribution in [0, 0.1) is 0 Å². The van der Waals surface area contributed by atoms with E-state index < -0.39 is 9.96 Å². The molecule has 0 aliphatic heterocycles. The number of carbonyl (C=O) groups is 2. The van der Waals surface area contributed by atoms with E-state index in [-0.39, 0.29) is 11.2 Å². The summed E-state index contributed by atoms with van der Waals surface area (Å²) in [7, 11) is 0. The topological polar surface area (TPSA) is 72.2 Å². The summed E-state index contributed by atoms with van der Waals surface area (Å²) in [5, 5.41) is 2.54. The molecule has 0 bridgehead atoms. The second-order valence-electron chi connectivity index (χ2n) is 1.47. The third-order valence-corrected chi connectivity index (χ3v) is 2.09. The minimum atomic E-state index is -0.623. The summed E-state index contributed by atoms with van der Waals surface area (Å²) < 4.78 is -0.623. The zero-order valence-corrected chi connectivity index (χ0v) is 8.68. The average molecular weight is 321 g/mol. The molecule has 10 heavy (non-hydrogen) atoms. The molecule has 1 unspecified atom stereocenters. The number of rotatable bonds is 3. The Kier molecular flexibility index (Phi) is 4.96. The van der Waals surface area contributed by atoms with E-state index in [1.165, 1.54) is 0 Å². The lowest BCUT2D eigenvalue weighted by Gasteiger charge is -2.05. The summed E-state index contributed by atoms with van der Waals surface area (Å²) in [6.07, 6.45) is 0. The van der Waals surface area contributed by atoms with Crippen molar-refractivity contribution in [2.75, 3.05) is 5.33 Å². The molecule has 0 fully saturated rings. The molecule has 0 saturated heterocycles. The SMILES string of the molecule is NC(=O)C(I)NC(=O)CBr. The van der Waals surface area contributed by atoms with Gasteiger partial charge >= 0.3 is 0 Å². The molecule has 0 saturated carbocycles. The lowest BCUT2D eigenvalue weighted by Crippen LogP contribution is -2.40. The number of nitrogens with two attached hydrogens (primary N) is 1. The van der Waals surface area contributed by atoms with Crippen LogP contribution in [-0.2, 0) is 9.59 Å². The van der Waals surface area contributed by atoms with Crippen LogP contribution in [0.4, 0.5) is 0 Å². The van der Waals surface area contributed by atoms with E-state index in [2.05, 4.69) is 21.2 Å². The summed E-state index contributed by atoms with van der Waals surface area (Å²) in [6.45, 7) is 0. The van der Waals surface area contributed by atoms with Crippen molar-refractivity contribution in [3.05, 3.63) is 0 Å². The van der Waals surface area contributed by atoms with Crippen molar-refractivity contribution >= 4 is 50.3 Å². The molecule has 1 atom stereocenters. The fourth-order valence-electron chi connectivity index (χ4n) is 0.251. The van der Waals surface area contributed by atoms with Crippen LogP contribution in [-0.4, -0.2) is 21.2 Å². The van der Waals surface area contributed by atoms with Gasteiger partial charge in [0.05, 0.1) is 5.33 Å². The highest BCUT2D eigenvalue weighted by molar-refractivity contribution is 14.1. The molecule has 6 heteroatoms. The Morgan fingerprint density at radius 3 is 2.50 bits per heavy atom. The van der Waals surface area contributed by atoms with Gasteiger partial charge in [-0.1, -0.05) is 15.9 Å². The number of amides is 2. The highest BCUT2D eigenvalue weighted by Crippen LogP contribution is 1.94. The van der Waals surface area contributed by atoms with Crippen LogP contribution in [0.25, 0.3) is 0 Å². The molecule has 4 nitrogen and oxygen atoms in total. The number of nitrogens with one attached hydrogen (secondary N) is 1. The van der Waals surface area contributed by atoms with Crippen molar-refractivity contribution < 1.29 is 9.59 Å². The zero-order chi connectivity index (χ0) is 8.15. The number of carbonyl (C=O) groups excluding carboxylic acids is 2. The molecule has 0 aromatic carbocycles. The van der Waals surface area contributed by atoms with Crippen LogP contribution in [0.15, 0.2) is 0 Å². The highest BCUT2D eigenvalue weighted by atomic mass is 127. The van der Waals surface area contributed by atoms with Crippen molar-refractivity contribution in [2.45, 2.75) is 4.05 Å². The minimum Gasteiger partial charge on any atom is -0.367 e. The van der Waals surface area contributed by atoms with Gasteiger partial charge in [-0.2, -0.15) is 0 Å². The number of primary amides is 1. The van der Waals surface area contributed by atoms with E-state index in [0.717, 1.165) is 0 Å². The molecule has 0 aromatic rings. The maximum Gasteiger partial charge on any atom is 0.250 e. The summed E-state index contributed by atoms with van der Waals surface area (Å²) >= 11 is 4.67. The van der Waals surface area contributed by atoms with Crippen LogP contribution < -0.4 is 11.1 Å². The van der Waals surface area contributed by atoms with Gasteiger partial charge < -0.3 is 11.1 Å². The van der Waals surface area contributed by atoms with E-state index in [1.54, 1.807) is 22.6 Å². The van der Waals surface area contributed by atoms with Crippen molar-refractivity contribution in [3.63, 3.8) is 0 Å². The van der Waals surface area contributed by atoms with Gasteiger partial charge in [0.2, 0.25) is 11.8 Å². The molecule has 3 N–H and O–H groups in total. The van der Waals surface area contributed by atoms with Gasteiger partial charge in [-0.15, -0.1) is 0 Å². The Bertz CT molecular complexity index is 152. The molecule has 0 rings (SSSR count). The van der Waals surface area contributed by atoms with Gasteiger partial charge in [-0.05, 0) is 22.6 Å². The van der Waals surface area contributed by atoms with Crippen LogP contribution in [0.1, 0.15) is 0 Å². The molecular weight excluding hydrogens is 315 g/mol. The smallest absolute Gasteiger partial charge is 0.250 e. The molecule has 0 heterocycles. The fourth-order valence-corrected chi connectivity index (χ4v) is 0.760. The molecule has 0 spiro atoms. The highest BCUT2D eigenvalue weighted by Gasteiger charge is 2.11. The number of hydrogen-bond acceptors (Lipinski definition) is 2. The molecular formula is C4H6BrIN2O2. The second kappa shape index (κ2) is 4.89. The Balaban J connectivity index is 3.68. The zero-order valence-electron chi connectivity index (χ0n) is 4.93. The van der Waals surface area contributed by atoms with E-state index >= 15 is 0 Å². The Morgan fingerprint density at radius 1 is 1.70 bits per heavy atom. The van der Waals surface area contributed by atoms with E-state index in [1.807, 2.05) is 0 Å². The molecule has 0 aromatic heterocycles. The van der Waals surface area contributed by atoms with Crippen LogP contribution in [0.2, 0.25) is 0 Å².